The predicted molar refractivity (Wildman–Crippen MR) is 155 cm³/mol. The number of nitrogens with zero attached hydrogens (tertiary/aromatic N) is 1. The molecule has 0 aromatic heterocycles. The molecule has 3 N–H and O–H groups in total. The average molecular weight is 544 g/mol. The predicted octanol–water partition coefficient (Wildman–Crippen LogP) is 5.79. The molecule has 5 aliphatic carbocycles. The summed E-state index contributed by atoms with van der Waals surface area (Å²) in [4.78, 5) is 14.1. The summed E-state index contributed by atoms with van der Waals surface area (Å²) in [6, 6.07) is 0.339. The van der Waals surface area contributed by atoms with Crippen molar-refractivity contribution >= 4 is 5.78 Å². The molecule has 0 amide bonds. The van der Waals surface area contributed by atoms with Crippen molar-refractivity contribution in [1.82, 2.24) is 16.0 Å². The van der Waals surface area contributed by atoms with E-state index in [1.165, 1.54) is 83.5 Å². The van der Waals surface area contributed by atoms with Crippen molar-refractivity contribution in [3.05, 3.63) is 0 Å². The van der Waals surface area contributed by atoms with E-state index in [1.54, 1.807) is 0 Å². The van der Waals surface area contributed by atoms with Crippen LogP contribution in [0.2, 0.25) is 0 Å². The molecule has 9 atom stereocenters. The molecule has 5 saturated carbocycles. The highest BCUT2D eigenvalue weighted by molar-refractivity contribution is 5.84. The van der Waals surface area contributed by atoms with E-state index in [2.05, 4.69) is 29.8 Å². The fourth-order valence-electron chi connectivity index (χ4n) is 11.5. The molecule has 0 bridgehead atoms. The van der Waals surface area contributed by atoms with E-state index < -0.39 is 0 Å². The monoisotopic (exact) mass is 543 g/mol. The molecule has 1 unspecified atom stereocenters. The van der Waals surface area contributed by atoms with Gasteiger partial charge >= 0.3 is 0 Å². The molecule has 6 nitrogen and oxygen atoms in total. The van der Waals surface area contributed by atoms with Gasteiger partial charge in [0.05, 0.1) is 24.8 Å². The molecular formula is C33H57N3O3. The SMILES string of the molecule is COC[C@]12CC[C@@H](O)C[C@@H]1CC[C@H]1[C@@H]3CC[C@H](C(=O)CN4NNC5(CCCCCCCC5)C4C)[C@@]3(C)CC[C@@H]12. The molecule has 1 heterocycles. The molecule has 0 radical (unpaired) electrons. The van der Waals surface area contributed by atoms with Crippen LogP contribution in [-0.4, -0.2) is 53.8 Å². The summed E-state index contributed by atoms with van der Waals surface area (Å²) in [7, 11) is 1.88. The Hall–Kier alpha value is -0.530. The van der Waals surface area contributed by atoms with E-state index in [-0.39, 0.29) is 28.4 Å². The molecule has 39 heavy (non-hydrogen) atoms. The number of hydrazine groups is 2. The van der Waals surface area contributed by atoms with Crippen molar-refractivity contribution in [2.45, 2.75) is 141 Å². The third-order valence-electron chi connectivity index (χ3n) is 13.7. The number of nitrogens with one attached hydrogen (secondary N) is 2. The number of methoxy groups -OCH3 is 1. The van der Waals surface area contributed by atoms with Crippen LogP contribution in [0.5, 0.6) is 0 Å². The van der Waals surface area contributed by atoms with Gasteiger partial charge in [-0.05, 0) is 112 Å². The number of hydrogen-bond acceptors (Lipinski definition) is 6. The van der Waals surface area contributed by atoms with Crippen LogP contribution in [0, 0.1) is 40.4 Å². The van der Waals surface area contributed by atoms with Crippen LogP contribution >= 0.6 is 0 Å². The number of fused-ring (bicyclic) bond motifs is 5. The summed E-state index contributed by atoms with van der Waals surface area (Å²) in [5, 5.41) is 12.7. The minimum atomic E-state index is -0.124. The highest BCUT2D eigenvalue weighted by Gasteiger charge is 2.62. The maximum absolute atomic E-state index is 14.1. The fraction of sp³-hybridized carbons (Fsp3) is 0.970. The first-order valence-corrected chi connectivity index (χ1v) is 16.8. The van der Waals surface area contributed by atoms with Crippen molar-refractivity contribution in [3.8, 4) is 0 Å². The van der Waals surface area contributed by atoms with Crippen LogP contribution in [0.15, 0.2) is 0 Å². The van der Waals surface area contributed by atoms with Gasteiger partial charge in [-0.2, -0.15) is 5.53 Å². The quantitative estimate of drug-likeness (QED) is 0.408. The lowest BCUT2D eigenvalue weighted by molar-refractivity contribution is -0.161. The van der Waals surface area contributed by atoms with Gasteiger partial charge in [0.25, 0.3) is 0 Å². The van der Waals surface area contributed by atoms with Crippen molar-refractivity contribution in [1.29, 1.82) is 0 Å². The van der Waals surface area contributed by atoms with Crippen LogP contribution < -0.4 is 11.0 Å². The van der Waals surface area contributed by atoms with Gasteiger partial charge in [0.15, 0.2) is 5.78 Å². The number of aliphatic hydroxyl groups is 1. The van der Waals surface area contributed by atoms with E-state index >= 15 is 0 Å². The topological polar surface area (TPSA) is 73.8 Å². The van der Waals surface area contributed by atoms with Crippen LogP contribution in [0.4, 0.5) is 0 Å². The molecule has 6 rings (SSSR count). The van der Waals surface area contributed by atoms with E-state index in [9.17, 15) is 9.90 Å². The third kappa shape index (κ3) is 4.86. The van der Waals surface area contributed by atoms with E-state index in [0.717, 1.165) is 38.2 Å². The summed E-state index contributed by atoms with van der Waals surface area (Å²) in [5.41, 5.74) is 7.69. The molecule has 6 aliphatic rings. The first-order valence-electron chi connectivity index (χ1n) is 16.8. The Morgan fingerprint density at radius 1 is 0.923 bits per heavy atom. The summed E-state index contributed by atoms with van der Waals surface area (Å²) in [6.45, 7) is 6.22. The minimum Gasteiger partial charge on any atom is -0.393 e. The number of ether oxygens (including phenoxy) is 1. The van der Waals surface area contributed by atoms with Crippen molar-refractivity contribution in [2.75, 3.05) is 20.3 Å². The standard InChI is InChI=1S/C33H57N3O3/c1-23-33(16-8-6-4-5-7-9-17-33)34-35-36(23)21-30(38)29-13-12-27-26-11-10-24-20-25(37)14-19-32(24,22-39-3)28(26)15-18-31(27,29)2/h23-29,34-35,37H,4-22H2,1-3H3/t23?,24-,25+,26-,27-,28-,29+,31-,32+/m0/s1. The highest BCUT2D eigenvalue weighted by atomic mass is 16.5. The third-order valence-corrected chi connectivity index (χ3v) is 13.7. The smallest absolute Gasteiger partial charge is 0.151 e. The Balaban J connectivity index is 1.14. The molecule has 1 aliphatic heterocycles. The van der Waals surface area contributed by atoms with Crippen LogP contribution in [0.1, 0.15) is 123 Å². The largest absolute Gasteiger partial charge is 0.393 e. The number of carbonyl (C=O) groups excluding carboxylic acids is 1. The maximum Gasteiger partial charge on any atom is 0.151 e. The van der Waals surface area contributed by atoms with Gasteiger partial charge in [-0.1, -0.05) is 45.4 Å². The summed E-state index contributed by atoms with van der Waals surface area (Å²) >= 11 is 0. The first-order chi connectivity index (χ1) is 18.8. The molecule has 0 aromatic carbocycles. The van der Waals surface area contributed by atoms with Crippen molar-refractivity contribution in [3.63, 3.8) is 0 Å². The summed E-state index contributed by atoms with van der Waals surface area (Å²) in [5.74, 6) is 3.35. The normalized spacial score (nSPS) is 46.5. The first kappa shape index (κ1) is 28.6. The second-order valence-corrected chi connectivity index (χ2v) is 15.2. The number of ketones is 1. The lowest BCUT2D eigenvalue weighted by Crippen LogP contribution is -2.57. The van der Waals surface area contributed by atoms with Gasteiger partial charge in [0.2, 0.25) is 0 Å². The number of hydrogen-bond donors (Lipinski definition) is 3. The average Bonchev–Trinajstić information content (AvgIpc) is 3.46. The molecular weight excluding hydrogens is 486 g/mol. The van der Waals surface area contributed by atoms with Gasteiger partial charge in [-0.15, -0.1) is 0 Å². The van der Waals surface area contributed by atoms with Gasteiger partial charge in [0.1, 0.15) is 0 Å². The van der Waals surface area contributed by atoms with Crippen molar-refractivity contribution in [2.24, 2.45) is 40.4 Å². The van der Waals surface area contributed by atoms with Crippen LogP contribution in [0.25, 0.3) is 0 Å². The van der Waals surface area contributed by atoms with E-state index in [1.807, 2.05) is 7.11 Å². The maximum atomic E-state index is 14.1. The van der Waals surface area contributed by atoms with Gasteiger partial charge in [-0.3, -0.25) is 4.79 Å². The number of Topliss-reactive ketones (excluding diaryl/α,β-unsaturated/α-hetero) is 1. The lowest BCUT2D eigenvalue weighted by atomic mass is 9.44. The van der Waals surface area contributed by atoms with Crippen LogP contribution in [0.3, 0.4) is 0 Å². The highest BCUT2D eigenvalue weighted by Crippen LogP contribution is 2.67. The molecule has 222 valence electrons. The Morgan fingerprint density at radius 2 is 1.67 bits per heavy atom. The van der Waals surface area contributed by atoms with Gasteiger partial charge in [-0.25, -0.2) is 10.4 Å². The summed E-state index contributed by atoms with van der Waals surface area (Å²) < 4.78 is 5.92. The number of aliphatic hydroxyl groups excluding tert-OH is 1. The van der Waals surface area contributed by atoms with Gasteiger partial charge in [0, 0.05) is 19.1 Å². The second kappa shape index (κ2) is 11.3. The van der Waals surface area contributed by atoms with Gasteiger partial charge < -0.3 is 9.84 Å². The Morgan fingerprint density at radius 3 is 2.41 bits per heavy atom. The van der Waals surface area contributed by atoms with E-state index in [0.29, 0.717) is 36.1 Å². The van der Waals surface area contributed by atoms with E-state index in [4.69, 9.17) is 4.74 Å². The molecule has 0 aromatic rings. The Kier molecular flexibility index (Phi) is 8.27. The Bertz CT molecular complexity index is 872. The minimum absolute atomic E-state index is 0.104. The fourth-order valence-corrected chi connectivity index (χ4v) is 11.5. The molecule has 6 fully saturated rings. The zero-order chi connectivity index (χ0) is 27.3. The number of rotatable bonds is 5. The lowest BCUT2D eigenvalue weighted by Gasteiger charge is -2.61. The zero-order valence-corrected chi connectivity index (χ0v) is 25.2. The van der Waals surface area contributed by atoms with Crippen LogP contribution in [-0.2, 0) is 9.53 Å². The molecule has 1 spiro atoms. The van der Waals surface area contributed by atoms with Crippen molar-refractivity contribution < 1.29 is 14.6 Å². The Labute approximate surface area is 237 Å². The molecule has 6 heteroatoms. The molecule has 1 saturated heterocycles. The summed E-state index contributed by atoms with van der Waals surface area (Å²) in [6.07, 6.45) is 20.5. The number of carbonyl (C=O) groups is 1. The second-order valence-electron chi connectivity index (χ2n) is 15.2. The zero-order valence-electron chi connectivity index (χ0n) is 25.2.